The highest BCUT2D eigenvalue weighted by Crippen LogP contribution is 2.22. The number of anilines is 2. The molecule has 0 atom stereocenters. The van der Waals surface area contributed by atoms with Gasteiger partial charge in [-0.2, -0.15) is 0 Å². The summed E-state index contributed by atoms with van der Waals surface area (Å²) < 4.78 is 5.34. The summed E-state index contributed by atoms with van der Waals surface area (Å²) in [6.45, 7) is 5.19. The number of carbonyl (C=O) groups excluding carboxylic acids is 1. The zero-order chi connectivity index (χ0) is 13.5. The van der Waals surface area contributed by atoms with Crippen LogP contribution in [0.2, 0.25) is 5.02 Å². The molecule has 0 aliphatic rings. The van der Waals surface area contributed by atoms with E-state index in [4.69, 9.17) is 22.1 Å². The molecular formula is C13H19ClN2O2. The molecule has 0 aromatic heterocycles. The van der Waals surface area contributed by atoms with Crippen LogP contribution < -0.4 is 11.1 Å². The Kier molecular flexibility index (Phi) is 5.95. The van der Waals surface area contributed by atoms with Gasteiger partial charge >= 0.3 is 0 Å². The van der Waals surface area contributed by atoms with Gasteiger partial charge in [0.1, 0.15) is 0 Å². The van der Waals surface area contributed by atoms with Gasteiger partial charge in [-0.15, -0.1) is 0 Å². The predicted octanol–water partition coefficient (Wildman–Crippen LogP) is 2.92. The normalized spacial score (nSPS) is 10.7. The average Bonchev–Trinajstić information content (AvgIpc) is 2.29. The molecule has 5 heteroatoms. The van der Waals surface area contributed by atoms with Crippen molar-refractivity contribution >= 4 is 28.9 Å². The van der Waals surface area contributed by atoms with Crippen molar-refractivity contribution in [3.8, 4) is 0 Å². The second kappa shape index (κ2) is 7.24. The lowest BCUT2D eigenvalue weighted by Gasteiger charge is -2.09. The van der Waals surface area contributed by atoms with Gasteiger partial charge in [-0.1, -0.05) is 25.4 Å². The molecule has 100 valence electrons. The van der Waals surface area contributed by atoms with E-state index >= 15 is 0 Å². The molecule has 0 heterocycles. The highest BCUT2D eigenvalue weighted by atomic mass is 35.5. The SMILES string of the molecule is CC(C)COCCC(=O)Nc1cc(Cl)ccc1N. The van der Waals surface area contributed by atoms with Crippen molar-refractivity contribution in [3.63, 3.8) is 0 Å². The van der Waals surface area contributed by atoms with Crippen LogP contribution in [0.4, 0.5) is 11.4 Å². The Hall–Kier alpha value is -1.26. The highest BCUT2D eigenvalue weighted by Gasteiger charge is 2.06. The average molecular weight is 271 g/mol. The quantitative estimate of drug-likeness (QED) is 0.617. The van der Waals surface area contributed by atoms with Crippen LogP contribution in [0.25, 0.3) is 0 Å². The standard InChI is InChI=1S/C13H19ClN2O2/c1-9(2)8-18-6-5-13(17)16-12-7-10(14)3-4-11(12)15/h3-4,7,9H,5-6,8,15H2,1-2H3,(H,16,17). The summed E-state index contributed by atoms with van der Waals surface area (Å²) in [5, 5.41) is 3.25. The Morgan fingerprint density at radius 1 is 1.50 bits per heavy atom. The first-order valence-corrected chi connectivity index (χ1v) is 6.29. The fraction of sp³-hybridized carbons (Fsp3) is 0.462. The van der Waals surface area contributed by atoms with Gasteiger partial charge in [-0.3, -0.25) is 4.79 Å². The minimum absolute atomic E-state index is 0.132. The van der Waals surface area contributed by atoms with Crippen LogP contribution in [0.1, 0.15) is 20.3 Å². The minimum atomic E-state index is -0.132. The van der Waals surface area contributed by atoms with E-state index < -0.39 is 0 Å². The Morgan fingerprint density at radius 2 is 2.22 bits per heavy atom. The van der Waals surface area contributed by atoms with Crippen LogP contribution in [-0.2, 0) is 9.53 Å². The number of carbonyl (C=O) groups is 1. The lowest BCUT2D eigenvalue weighted by atomic mass is 10.2. The predicted molar refractivity (Wildman–Crippen MR) is 74.8 cm³/mol. The minimum Gasteiger partial charge on any atom is -0.397 e. The van der Waals surface area contributed by atoms with E-state index in [-0.39, 0.29) is 5.91 Å². The van der Waals surface area contributed by atoms with Gasteiger partial charge in [0.2, 0.25) is 5.91 Å². The van der Waals surface area contributed by atoms with Crippen molar-refractivity contribution in [2.75, 3.05) is 24.3 Å². The van der Waals surface area contributed by atoms with Crippen LogP contribution in [0.5, 0.6) is 0 Å². The summed E-state index contributed by atoms with van der Waals surface area (Å²) in [6.07, 6.45) is 0.304. The maximum atomic E-state index is 11.6. The Balaban J connectivity index is 2.38. The van der Waals surface area contributed by atoms with Crippen molar-refractivity contribution in [1.82, 2.24) is 0 Å². The molecule has 0 saturated carbocycles. The zero-order valence-corrected chi connectivity index (χ0v) is 11.5. The maximum Gasteiger partial charge on any atom is 0.226 e. The van der Waals surface area contributed by atoms with E-state index in [2.05, 4.69) is 19.2 Å². The number of nitrogens with two attached hydrogens (primary N) is 1. The molecule has 1 amide bonds. The molecule has 0 aliphatic heterocycles. The van der Waals surface area contributed by atoms with Gasteiger partial charge in [0, 0.05) is 11.6 Å². The molecule has 0 bridgehead atoms. The summed E-state index contributed by atoms with van der Waals surface area (Å²) in [5.74, 6) is 0.337. The van der Waals surface area contributed by atoms with Gasteiger partial charge in [0.25, 0.3) is 0 Å². The topological polar surface area (TPSA) is 64.3 Å². The van der Waals surface area contributed by atoms with E-state index in [1.54, 1.807) is 18.2 Å². The molecule has 4 nitrogen and oxygen atoms in total. The largest absolute Gasteiger partial charge is 0.397 e. The first kappa shape index (κ1) is 14.8. The Labute approximate surface area is 112 Å². The summed E-state index contributed by atoms with van der Waals surface area (Å²) in [4.78, 5) is 11.6. The number of hydrogen-bond donors (Lipinski definition) is 2. The van der Waals surface area contributed by atoms with E-state index in [1.807, 2.05) is 0 Å². The molecule has 3 N–H and O–H groups in total. The monoisotopic (exact) mass is 270 g/mol. The third-order valence-electron chi connectivity index (χ3n) is 2.21. The lowest BCUT2D eigenvalue weighted by molar-refractivity contribution is -0.117. The van der Waals surface area contributed by atoms with E-state index in [0.717, 1.165) is 0 Å². The van der Waals surface area contributed by atoms with Crippen LogP contribution in [0.15, 0.2) is 18.2 Å². The number of amides is 1. The molecule has 0 fully saturated rings. The van der Waals surface area contributed by atoms with Crippen molar-refractivity contribution in [1.29, 1.82) is 0 Å². The lowest BCUT2D eigenvalue weighted by Crippen LogP contribution is -2.16. The van der Waals surface area contributed by atoms with E-state index in [0.29, 0.717) is 41.9 Å². The smallest absolute Gasteiger partial charge is 0.226 e. The molecule has 1 rings (SSSR count). The summed E-state index contributed by atoms with van der Waals surface area (Å²) in [6, 6.07) is 4.97. The number of ether oxygens (including phenoxy) is 1. The van der Waals surface area contributed by atoms with Crippen LogP contribution in [0.3, 0.4) is 0 Å². The van der Waals surface area contributed by atoms with Crippen LogP contribution in [-0.4, -0.2) is 19.1 Å². The molecule has 0 spiro atoms. The summed E-state index contributed by atoms with van der Waals surface area (Å²) >= 11 is 5.83. The molecule has 1 aromatic carbocycles. The highest BCUT2D eigenvalue weighted by molar-refractivity contribution is 6.31. The summed E-state index contributed by atoms with van der Waals surface area (Å²) in [7, 11) is 0. The molecule has 1 aromatic rings. The number of nitrogen functional groups attached to an aromatic ring is 1. The van der Waals surface area contributed by atoms with Gasteiger partial charge in [0.15, 0.2) is 0 Å². The second-order valence-corrected chi connectivity index (χ2v) is 4.93. The van der Waals surface area contributed by atoms with Gasteiger partial charge in [-0.25, -0.2) is 0 Å². The van der Waals surface area contributed by atoms with Crippen molar-refractivity contribution in [2.24, 2.45) is 5.92 Å². The van der Waals surface area contributed by atoms with Crippen molar-refractivity contribution in [3.05, 3.63) is 23.2 Å². The zero-order valence-electron chi connectivity index (χ0n) is 10.7. The molecular weight excluding hydrogens is 252 g/mol. The van der Waals surface area contributed by atoms with Gasteiger partial charge in [-0.05, 0) is 24.1 Å². The first-order chi connectivity index (χ1) is 8.49. The number of halogens is 1. The van der Waals surface area contributed by atoms with E-state index in [1.165, 1.54) is 0 Å². The number of hydrogen-bond acceptors (Lipinski definition) is 3. The summed E-state index contributed by atoms with van der Waals surface area (Å²) in [5.41, 5.74) is 6.76. The molecule has 0 saturated heterocycles. The molecule has 0 radical (unpaired) electrons. The number of benzene rings is 1. The van der Waals surface area contributed by atoms with Gasteiger partial charge in [0.05, 0.1) is 24.4 Å². The Morgan fingerprint density at radius 3 is 2.89 bits per heavy atom. The third-order valence-corrected chi connectivity index (χ3v) is 2.45. The molecule has 0 aliphatic carbocycles. The fourth-order valence-electron chi connectivity index (χ4n) is 1.33. The van der Waals surface area contributed by atoms with Crippen molar-refractivity contribution in [2.45, 2.75) is 20.3 Å². The van der Waals surface area contributed by atoms with Crippen LogP contribution >= 0.6 is 11.6 Å². The number of nitrogens with one attached hydrogen (secondary N) is 1. The third kappa shape index (κ3) is 5.38. The molecule has 0 unspecified atom stereocenters. The molecule has 18 heavy (non-hydrogen) atoms. The second-order valence-electron chi connectivity index (χ2n) is 4.50. The van der Waals surface area contributed by atoms with Gasteiger partial charge < -0.3 is 15.8 Å². The van der Waals surface area contributed by atoms with Crippen LogP contribution in [0, 0.1) is 5.92 Å². The first-order valence-electron chi connectivity index (χ1n) is 5.91. The van der Waals surface area contributed by atoms with Crippen molar-refractivity contribution < 1.29 is 9.53 Å². The van der Waals surface area contributed by atoms with E-state index in [9.17, 15) is 4.79 Å². The number of rotatable bonds is 6. The Bertz CT molecular complexity index is 408. The maximum absolute atomic E-state index is 11.6. The fourth-order valence-corrected chi connectivity index (χ4v) is 1.51.